The van der Waals surface area contributed by atoms with Crippen LogP contribution in [0.5, 0.6) is 0 Å². The number of aromatic nitrogens is 2. The molecule has 0 bridgehead atoms. The summed E-state index contributed by atoms with van der Waals surface area (Å²) in [5, 5.41) is 0. The van der Waals surface area contributed by atoms with Crippen molar-refractivity contribution in [2.75, 3.05) is 17.7 Å². The SMILES string of the molecule is CC(C)N(C)c1cncc(N)n1. The van der Waals surface area contributed by atoms with Gasteiger partial charge < -0.3 is 10.6 Å². The molecule has 0 fully saturated rings. The molecule has 0 aliphatic heterocycles. The third-order valence-corrected chi connectivity index (χ3v) is 1.78. The Labute approximate surface area is 72.4 Å². The van der Waals surface area contributed by atoms with E-state index >= 15 is 0 Å². The average Bonchev–Trinajstić information content (AvgIpc) is 2.03. The van der Waals surface area contributed by atoms with Crippen molar-refractivity contribution in [2.45, 2.75) is 19.9 Å². The summed E-state index contributed by atoms with van der Waals surface area (Å²) in [6, 6.07) is 0.404. The number of hydrogen-bond donors (Lipinski definition) is 1. The number of hydrogen-bond acceptors (Lipinski definition) is 4. The summed E-state index contributed by atoms with van der Waals surface area (Å²) in [6.07, 6.45) is 3.24. The molecule has 66 valence electrons. The van der Waals surface area contributed by atoms with Gasteiger partial charge in [0.2, 0.25) is 0 Å². The molecule has 0 aliphatic carbocycles. The van der Waals surface area contributed by atoms with Gasteiger partial charge in [-0.25, -0.2) is 4.98 Å². The molecule has 0 radical (unpaired) electrons. The van der Waals surface area contributed by atoms with E-state index < -0.39 is 0 Å². The first-order chi connectivity index (χ1) is 5.61. The average molecular weight is 166 g/mol. The van der Waals surface area contributed by atoms with Gasteiger partial charge in [-0.15, -0.1) is 0 Å². The lowest BCUT2D eigenvalue weighted by Crippen LogP contribution is -2.26. The Morgan fingerprint density at radius 2 is 2.08 bits per heavy atom. The van der Waals surface area contributed by atoms with E-state index in [1.807, 2.05) is 11.9 Å². The van der Waals surface area contributed by atoms with Crippen LogP contribution >= 0.6 is 0 Å². The van der Waals surface area contributed by atoms with E-state index in [-0.39, 0.29) is 0 Å². The summed E-state index contributed by atoms with van der Waals surface area (Å²) < 4.78 is 0. The highest BCUT2D eigenvalue weighted by molar-refractivity contribution is 5.41. The molecule has 12 heavy (non-hydrogen) atoms. The Balaban J connectivity index is 2.88. The molecule has 0 unspecified atom stereocenters. The Kier molecular flexibility index (Phi) is 2.47. The number of nitrogens with two attached hydrogens (primary N) is 1. The third-order valence-electron chi connectivity index (χ3n) is 1.78. The largest absolute Gasteiger partial charge is 0.382 e. The van der Waals surface area contributed by atoms with E-state index in [1.165, 1.54) is 6.20 Å². The Morgan fingerprint density at radius 3 is 2.58 bits per heavy atom. The van der Waals surface area contributed by atoms with Gasteiger partial charge >= 0.3 is 0 Å². The van der Waals surface area contributed by atoms with Crippen molar-refractivity contribution < 1.29 is 0 Å². The molecular formula is C8H14N4. The van der Waals surface area contributed by atoms with Crippen molar-refractivity contribution >= 4 is 11.6 Å². The van der Waals surface area contributed by atoms with Crippen molar-refractivity contribution in [3.8, 4) is 0 Å². The second-order valence-corrected chi connectivity index (χ2v) is 3.01. The van der Waals surface area contributed by atoms with Crippen molar-refractivity contribution in [1.29, 1.82) is 0 Å². The Morgan fingerprint density at radius 1 is 1.42 bits per heavy atom. The quantitative estimate of drug-likeness (QED) is 0.709. The van der Waals surface area contributed by atoms with Crippen LogP contribution in [0.25, 0.3) is 0 Å². The first-order valence-electron chi connectivity index (χ1n) is 3.91. The third kappa shape index (κ3) is 1.84. The maximum absolute atomic E-state index is 5.50. The molecule has 0 saturated heterocycles. The van der Waals surface area contributed by atoms with Crippen molar-refractivity contribution in [3.05, 3.63) is 12.4 Å². The fourth-order valence-corrected chi connectivity index (χ4v) is 0.805. The molecule has 4 heteroatoms. The number of nitrogen functional groups attached to an aromatic ring is 1. The van der Waals surface area contributed by atoms with Gasteiger partial charge in [-0.3, -0.25) is 4.98 Å². The van der Waals surface area contributed by atoms with Gasteiger partial charge in [0.25, 0.3) is 0 Å². The molecule has 0 amide bonds. The number of anilines is 2. The van der Waals surface area contributed by atoms with Crippen LogP contribution in [0.15, 0.2) is 12.4 Å². The van der Waals surface area contributed by atoms with E-state index in [4.69, 9.17) is 5.73 Å². The molecule has 0 aliphatic rings. The molecule has 0 atom stereocenters. The van der Waals surface area contributed by atoms with Crippen LogP contribution in [0, 0.1) is 0 Å². The molecule has 0 aromatic carbocycles. The lowest BCUT2D eigenvalue weighted by atomic mass is 10.3. The minimum absolute atomic E-state index is 0.404. The van der Waals surface area contributed by atoms with Gasteiger partial charge in [0.1, 0.15) is 11.6 Å². The smallest absolute Gasteiger partial charge is 0.149 e. The van der Waals surface area contributed by atoms with Crippen LogP contribution in [-0.4, -0.2) is 23.1 Å². The molecular weight excluding hydrogens is 152 g/mol. The monoisotopic (exact) mass is 166 g/mol. The lowest BCUT2D eigenvalue weighted by Gasteiger charge is -2.21. The molecule has 1 heterocycles. The second kappa shape index (κ2) is 3.38. The highest BCUT2D eigenvalue weighted by atomic mass is 15.2. The predicted octanol–water partition coefficient (Wildman–Crippen LogP) is 0.903. The van der Waals surface area contributed by atoms with E-state index in [0.29, 0.717) is 11.9 Å². The van der Waals surface area contributed by atoms with Crippen molar-refractivity contribution in [1.82, 2.24) is 9.97 Å². The van der Waals surface area contributed by atoms with Crippen LogP contribution in [-0.2, 0) is 0 Å². The van der Waals surface area contributed by atoms with Crippen molar-refractivity contribution in [3.63, 3.8) is 0 Å². The van der Waals surface area contributed by atoms with E-state index in [9.17, 15) is 0 Å². The fourth-order valence-electron chi connectivity index (χ4n) is 0.805. The molecule has 4 nitrogen and oxygen atoms in total. The summed E-state index contributed by atoms with van der Waals surface area (Å²) in [6.45, 7) is 4.18. The van der Waals surface area contributed by atoms with Gasteiger partial charge in [0.05, 0.1) is 12.4 Å². The van der Waals surface area contributed by atoms with Crippen LogP contribution in [0.3, 0.4) is 0 Å². The van der Waals surface area contributed by atoms with Gasteiger partial charge in [0.15, 0.2) is 0 Å². The highest BCUT2D eigenvalue weighted by Crippen LogP contribution is 2.10. The zero-order valence-electron chi connectivity index (χ0n) is 7.65. The first-order valence-corrected chi connectivity index (χ1v) is 3.91. The first kappa shape index (κ1) is 8.77. The molecule has 0 saturated carbocycles. The van der Waals surface area contributed by atoms with Crippen LogP contribution < -0.4 is 10.6 Å². The summed E-state index contributed by atoms with van der Waals surface area (Å²) in [5.41, 5.74) is 5.50. The van der Waals surface area contributed by atoms with Gasteiger partial charge in [0, 0.05) is 13.1 Å². The summed E-state index contributed by atoms with van der Waals surface area (Å²) in [5.74, 6) is 1.27. The highest BCUT2D eigenvalue weighted by Gasteiger charge is 2.05. The fraction of sp³-hybridized carbons (Fsp3) is 0.500. The second-order valence-electron chi connectivity index (χ2n) is 3.01. The minimum atomic E-state index is 0.404. The van der Waals surface area contributed by atoms with Gasteiger partial charge in [-0.2, -0.15) is 0 Å². The summed E-state index contributed by atoms with van der Waals surface area (Å²) >= 11 is 0. The normalized spacial score (nSPS) is 10.3. The Bertz CT molecular complexity index is 259. The molecule has 2 N–H and O–H groups in total. The zero-order chi connectivity index (χ0) is 9.14. The number of rotatable bonds is 2. The number of nitrogens with zero attached hydrogens (tertiary/aromatic N) is 3. The van der Waals surface area contributed by atoms with Crippen LogP contribution in [0.4, 0.5) is 11.6 Å². The maximum atomic E-state index is 5.50. The zero-order valence-corrected chi connectivity index (χ0v) is 7.65. The molecule has 1 aromatic rings. The van der Waals surface area contributed by atoms with Crippen LogP contribution in [0.2, 0.25) is 0 Å². The van der Waals surface area contributed by atoms with Crippen LogP contribution in [0.1, 0.15) is 13.8 Å². The summed E-state index contributed by atoms with van der Waals surface area (Å²) in [4.78, 5) is 10.1. The summed E-state index contributed by atoms with van der Waals surface area (Å²) in [7, 11) is 1.97. The molecule has 1 rings (SSSR count). The van der Waals surface area contributed by atoms with E-state index in [1.54, 1.807) is 6.20 Å². The standard InChI is InChI=1S/C8H14N4/c1-6(2)12(3)8-5-10-4-7(9)11-8/h4-6H,1-3H3,(H2,9,11). The van der Waals surface area contributed by atoms with E-state index in [2.05, 4.69) is 23.8 Å². The maximum Gasteiger partial charge on any atom is 0.149 e. The van der Waals surface area contributed by atoms with Gasteiger partial charge in [-0.1, -0.05) is 0 Å². The molecule has 1 aromatic heterocycles. The minimum Gasteiger partial charge on any atom is -0.382 e. The topological polar surface area (TPSA) is 55.0 Å². The lowest BCUT2D eigenvalue weighted by molar-refractivity contribution is 0.741. The predicted molar refractivity (Wildman–Crippen MR) is 50.0 cm³/mol. The molecule has 0 spiro atoms. The Hall–Kier alpha value is -1.32. The van der Waals surface area contributed by atoms with E-state index in [0.717, 1.165) is 5.82 Å². The van der Waals surface area contributed by atoms with Gasteiger partial charge in [-0.05, 0) is 13.8 Å². The van der Waals surface area contributed by atoms with Crippen molar-refractivity contribution in [2.24, 2.45) is 0 Å².